The molecule has 1 atom stereocenters. The molecule has 1 fully saturated rings. The lowest BCUT2D eigenvalue weighted by atomic mass is 9.92. The third-order valence-electron chi connectivity index (χ3n) is 7.56. The number of hydrogen-bond acceptors (Lipinski definition) is 9. The van der Waals surface area contributed by atoms with Gasteiger partial charge in [0.25, 0.3) is 0 Å². The molecule has 1 saturated heterocycles. The number of thiophene rings is 1. The number of hydrogen-bond donors (Lipinski definition) is 0. The summed E-state index contributed by atoms with van der Waals surface area (Å²) in [6, 6.07) is 2.13. The molecule has 5 rings (SSSR count). The minimum absolute atomic E-state index is 0.133. The molecule has 13 heteroatoms. The van der Waals surface area contributed by atoms with E-state index in [2.05, 4.69) is 28.1 Å². The highest BCUT2D eigenvalue weighted by Crippen LogP contribution is 2.37. The number of carbonyl (C=O) groups is 1. The van der Waals surface area contributed by atoms with E-state index in [1.807, 2.05) is 11.8 Å². The molecule has 3 aromatic rings. The largest absolute Gasteiger partial charge is 0.466 e. The van der Waals surface area contributed by atoms with Crippen molar-refractivity contribution in [1.82, 2.24) is 24.7 Å². The molecule has 218 valence electrons. The number of esters is 1. The second-order valence-corrected chi connectivity index (χ2v) is 11.7. The number of halogens is 3. The molecule has 0 aromatic carbocycles. The Morgan fingerprint density at radius 1 is 1.12 bits per heavy atom. The van der Waals surface area contributed by atoms with Crippen molar-refractivity contribution in [2.45, 2.75) is 84.5 Å². The summed E-state index contributed by atoms with van der Waals surface area (Å²) < 4.78 is 46.4. The average Bonchev–Trinajstić information content (AvgIpc) is 3.54. The minimum atomic E-state index is -4.53. The molecule has 40 heavy (non-hydrogen) atoms. The van der Waals surface area contributed by atoms with Crippen LogP contribution in [0, 0.1) is 5.92 Å². The van der Waals surface area contributed by atoms with Gasteiger partial charge in [0.15, 0.2) is 5.82 Å². The zero-order valence-corrected chi connectivity index (χ0v) is 23.9. The van der Waals surface area contributed by atoms with E-state index in [0.29, 0.717) is 31.4 Å². The van der Waals surface area contributed by atoms with Gasteiger partial charge in [0, 0.05) is 37.5 Å². The number of unbranched alkanes of at least 4 members (excludes halogenated alkanes) is 1. The number of nitrogens with zero attached hydrogens (tertiary/aromatic N) is 7. The van der Waals surface area contributed by atoms with Crippen LogP contribution in [0.5, 0.6) is 0 Å². The summed E-state index contributed by atoms with van der Waals surface area (Å²) >= 11 is 1.67. The van der Waals surface area contributed by atoms with Gasteiger partial charge in [-0.3, -0.25) is 4.79 Å². The van der Waals surface area contributed by atoms with Crippen LogP contribution >= 0.6 is 11.3 Å². The Morgan fingerprint density at radius 3 is 2.75 bits per heavy atom. The number of alkyl halides is 3. The molecule has 2 aliphatic heterocycles. The molecule has 0 saturated carbocycles. The Morgan fingerprint density at radius 2 is 1.98 bits per heavy atom. The second kappa shape index (κ2) is 12.3. The Kier molecular flexibility index (Phi) is 8.77. The fraction of sp³-hybridized carbons (Fsp3) is 0.667. The average molecular weight is 580 g/mol. The fourth-order valence-electron chi connectivity index (χ4n) is 5.66. The van der Waals surface area contributed by atoms with E-state index in [0.717, 1.165) is 74.1 Å². The number of aryl methyl sites for hydroxylation is 1. The van der Waals surface area contributed by atoms with Crippen molar-refractivity contribution in [3.05, 3.63) is 22.6 Å². The first-order valence-electron chi connectivity index (χ1n) is 14.2. The molecule has 1 unspecified atom stereocenters. The molecule has 5 heterocycles. The van der Waals surface area contributed by atoms with Crippen LogP contribution in [0.15, 0.2) is 6.07 Å². The number of ether oxygens (including phenoxy) is 1. The van der Waals surface area contributed by atoms with E-state index < -0.39 is 12.0 Å². The molecule has 0 amide bonds. The van der Waals surface area contributed by atoms with E-state index in [4.69, 9.17) is 14.7 Å². The highest BCUT2D eigenvalue weighted by atomic mass is 32.1. The number of aromatic nitrogens is 5. The summed E-state index contributed by atoms with van der Waals surface area (Å²) in [4.78, 5) is 28.0. The van der Waals surface area contributed by atoms with E-state index in [1.54, 1.807) is 11.3 Å². The predicted octanol–water partition coefficient (Wildman–Crippen LogP) is 5.61. The van der Waals surface area contributed by atoms with Crippen LogP contribution in [0.4, 0.5) is 24.9 Å². The number of piperidine rings is 1. The van der Waals surface area contributed by atoms with Crippen molar-refractivity contribution >= 4 is 39.3 Å². The van der Waals surface area contributed by atoms with Gasteiger partial charge in [-0.25, -0.2) is 4.98 Å². The van der Waals surface area contributed by atoms with Gasteiger partial charge >= 0.3 is 12.1 Å². The summed E-state index contributed by atoms with van der Waals surface area (Å²) in [5, 5.41) is 8.24. The third kappa shape index (κ3) is 6.34. The van der Waals surface area contributed by atoms with Crippen molar-refractivity contribution < 1.29 is 22.7 Å². The van der Waals surface area contributed by atoms with Gasteiger partial charge in [-0.05, 0) is 51.0 Å². The van der Waals surface area contributed by atoms with Gasteiger partial charge in [-0.15, -0.1) is 21.5 Å². The molecule has 0 bridgehead atoms. The van der Waals surface area contributed by atoms with Crippen molar-refractivity contribution in [2.75, 3.05) is 36.0 Å². The van der Waals surface area contributed by atoms with Crippen molar-refractivity contribution in [2.24, 2.45) is 5.92 Å². The second-order valence-electron chi connectivity index (χ2n) is 10.5. The van der Waals surface area contributed by atoms with Gasteiger partial charge in [-0.2, -0.15) is 18.2 Å². The van der Waals surface area contributed by atoms with Gasteiger partial charge in [0.1, 0.15) is 10.6 Å². The number of carbonyl (C=O) groups excluding carboxylic acids is 1. The molecular formula is C27H36F3N7O2S. The van der Waals surface area contributed by atoms with E-state index in [-0.39, 0.29) is 24.9 Å². The Labute approximate surface area is 235 Å². The molecule has 0 spiro atoms. The first-order chi connectivity index (χ1) is 19.3. The van der Waals surface area contributed by atoms with E-state index >= 15 is 0 Å². The normalized spacial score (nSPS) is 17.9. The van der Waals surface area contributed by atoms with Crippen LogP contribution in [-0.4, -0.2) is 56.9 Å². The van der Waals surface area contributed by atoms with E-state index in [9.17, 15) is 18.0 Å². The smallest absolute Gasteiger partial charge is 0.451 e. The van der Waals surface area contributed by atoms with Gasteiger partial charge in [0.05, 0.1) is 18.5 Å². The standard InChI is InChI=1S/C27H36F3N7O2S/c1-3-8-19-15-20-23(35-13-14-37-21(17-35)33-34-25(37)27(28,29)30)31-26(32-24(20)40-19)36-12-7-10-18(16-36)9-5-6-11-22(38)39-4-2/h15,18H,3-14,16-17H2,1-2H3. The number of fused-ring (bicyclic) bond motifs is 2. The molecule has 0 aliphatic carbocycles. The maximum absolute atomic E-state index is 13.4. The van der Waals surface area contributed by atoms with Crippen molar-refractivity contribution in [1.29, 1.82) is 0 Å². The summed E-state index contributed by atoms with van der Waals surface area (Å²) in [6.07, 6.45) is 2.89. The summed E-state index contributed by atoms with van der Waals surface area (Å²) in [6.45, 7) is 6.81. The topological polar surface area (TPSA) is 89.3 Å². The van der Waals surface area contributed by atoms with Crippen molar-refractivity contribution in [3.63, 3.8) is 0 Å². The highest BCUT2D eigenvalue weighted by molar-refractivity contribution is 7.18. The summed E-state index contributed by atoms with van der Waals surface area (Å²) in [7, 11) is 0. The minimum Gasteiger partial charge on any atom is -0.466 e. The first-order valence-corrected chi connectivity index (χ1v) is 15.0. The van der Waals surface area contributed by atoms with Crippen LogP contribution in [0.1, 0.15) is 75.3 Å². The first kappa shape index (κ1) is 28.6. The number of rotatable bonds is 10. The lowest BCUT2D eigenvalue weighted by Gasteiger charge is -2.34. The zero-order chi connectivity index (χ0) is 28.3. The lowest BCUT2D eigenvalue weighted by molar-refractivity contribution is -0.147. The van der Waals surface area contributed by atoms with Gasteiger partial charge < -0.3 is 19.1 Å². The van der Waals surface area contributed by atoms with Crippen LogP contribution in [0.25, 0.3) is 10.2 Å². The maximum atomic E-state index is 13.4. The lowest BCUT2D eigenvalue weighted by Crippen LogP contribution is -2.38. The third-order valence-corrected chi connectivity index (χ3v) is 8.65. The quantitative estimate of drug-likeness (QED) is 0.226. The SMILES string of the molecule is CCCc1cc2c(N3CCn4c(nnc4C(F)(F)F)C3)nc(N3CCCC(CCCCC(=O)OCC)C3)nc2s1. The molecule has 9 nitrogen and oxygen atoms in total. The van der Waals surface area contributed by atoms with Crippen molar-refractivity contribution in [3.8, 4) is 0 Å². The molecule has 0 radical (unpaired) electrons. The maximum Gasteiger partial charge on any atom is 0.451 e. The Bertz CT molecular complexity index is 1330. The number of anilines is 2. The van der Waals surface area contributed by atoms with E-state index in [1.165, 1.54) is 9.44 Å². The molecule has 2 aliphatic rings. The van der Waals surface area contributed by atoms with Gasteiger partial charge in [0.2, 0.25) is 11.8 Å². The molecule has 0 N–H and O–H groups in total. The monoisotopic (exact) mass is 579 g/mol. The van der Waals surface area contributed by atoms with Crippen LogP contribution < -0.4 is 9.80 Å². The Balaban J connectivity index is 1.35. The fourth-order valence-corrected chi connectivity index (χ4v) is 6.78. The van der Waals surface area contributed by atoms with Crippen LogP contribution in [0.3, 0.4) is 0 Å². The summed E-state index contributed by atoms with van der Waals surface area (Å²) in [5.74, 6) is 1.12. The summed E-state index contributed by atoms with van der Waals surface area (Å²) in [5.41, 5.74) is 0. The molecular weight excluding hydrogens is 543 g/mol. The van der Waals surface area contributed by atoms with Crippen LogP contribution in [0.2, 0.25) is 0 Å². The van der Waals surface area contributed by atoms with Crippen LogP contribution in [-0.2, 0) is 35.2 Å². The van der Waals surface area contributed by atoms with Gasteiger partial charge in [-0.1, -0.05) is 19.8 Å². The molecule has 3 aromatic heterocycles. The Hall–Kier alpha value is -2.96. The zero-order valence-electron chi connectivity index (χ0n) is 23.0. The highest BCUT2D eigenvalue weighted by Gasteiger charge is 2.40. The predicted molar refractivity (Wildman–Crippen MR) is 148 cm³/mol.